The molecule has 30 heavy (non-hydrogen) atoms. The van der Waals surface area contributed by atoms with E-state index in [2.05, 4.69) is 20.8 Å². The molecule has 4 rings (SSSR count). The lowest BCUT2D eigenvalue weighted by atomic mass is 10.2. The molecule has 4 aromatic rings. The third-order valence-corrected chi connectivity index (χ3v) is 6.28. The molecule has 0 radical (unpaired) electrons. The Bertz CT molecular complexity index is 1200. The summed E-state index contributed by atoms with van der Waals surface area (Å²) in [5.41, 5.74) is 1.44. The van der Waals surface area contributed by atoms with Gasteiger partial charge in [0.15, 0.2) is 22.2 Å². The average Bonchev–Trinajstić information content (AvgIpc) is 3.33. The number of hydrogen-bond donors (Lipinski definition) is 0. The van der Waals surface area contributed by atoms with Crippen molar-refractivity contribution in [2.24, 2.45) is 0 Å². The lowest BCUT2D eigenvalue weighted by Crippen LogP contribution is -2.33. The van der Waals surface area contributed by atoms with Gasteiger partial charge < -0.3 is 14.1 Å². The molecule has 0 spiro atoms. The molecule has 2 aromatic heterocycles. The molecule has 2 heterocycles. The topological polar surface area (TPSA) is 58.8 Å². The molecule has 6 nitrogen and oxygen atoms in total. The minimum absolute atomic E-state index is 0.204. The van der Waals surface area contributed by atoms with Crippen molar-refractivity contribution in [3.63, 3.8) is 0 Å². The molecule has 0 saturated carbocycles. The zero-order valence-electron chi connectivity index (χ0n) is 17.0. The molecule has 0 bridgehead atoms. The first-order chi connectivity index (χ1) is 14.5. The zero-order valence-corrected chi connectivity index (χ0v) is 19.4. The van der Waals surface area contributed by atoms with Gasteiger partial charge in [-0.3, -0.25) is 9.69 Å². The summed E-state index contributed by atoms with van der Waals surface area (Å²) in [4.78, 5) is 22.0. The van der Waals surface area contributed by atoms with Crippen LogP contribution in [0.5, 0.6) is 5.75 Å². The molecule has 156 valence electrons. The number of hydrogen-bond acceptors (Lipinski definition) is 6. The number of halogens is 1. The van der Waals surface area contributed by atoms with E-state index in [0.717, 1.165) is 33.0 Å². The standard InChI is InChI=1S/C22H22BrN3O3S/c1-25(2)10-5-11-26(22-24-16-9-8-15(23)13-19(16)30-22)21(27)18-12-14-6-4-7-17(28-3)20(14)29-18/h4,6-9,12-13H,5,10-11H2,1-3H3. The molecular weight excluding hydrogens is 466 g/mol. The molecule has 0 aliphatic rings. The van der Waals surface area contributed by atoms with Crippen molar-refractivity contribution in [1.29, 1.82) is 0 Å². The summed E-state index contributed by atoms with van der Waals surface area (Å²) >= 11 is 5.00. The van der Waals surface area contributed by atoms with Crippen molar-refractivity contribution in [1.82, 2.24) is 9.88 Å². The molecule has 0 saturated heterocycles. The maximum Gasteiger partial charge on any atom is 0.295 e. The van der Waals surface area contributed by atoms with Gasteiger partial charge in [-0.1, -0.05) is 39.4 Å². The highest BCUT2D eigenvalue weighted by molar-refractivity contribution is 9.10. The number of fused-ring (bicyclic) bond motifs is 2. The number of methoxy groups -OCH3 is 1. The van der Waals surface area contributed by atoms with Crippen molar-refractivity contribution >= 4 is 59.5 Å². The van der Waals surface area contributed by atoms with Gasteiger partial charge in [0.2, 0.25) is 0 Å². The van der Waals surface area contributed by atoms with Crippen molar-refractivity contribution < 1.29 is 13.9 Å². The second-order valence-electron chi connectivity index (χ2n) is 7.21. The number of para-hydroxylation sites is 1. The predicted octanol–water partition coefficient (Wildman–Crippen LogP) is 5.41. The molecule has 8 heteroatoms. The van der Waals surface area contributed by atoms with Crippen LogP contribution in [0.4, 0.5) is 5.13 Å². The molecule has 0 aliphatic carbocycles. The SMILES string of the molecule is COc1cccc2cc(C(=O)N(CCCN(C)C)c3nc4ccc(Br)cc4s3)oc12. The maximum atomic E-state index is 13.5. The van der Waals surface area contributed by atoms with Gasteiger partial charge in [-0.2, -0.15) is 0 Å². The second-order valence-corrected chi connectivity index (χ2v) is 9.14. The minimum Gasteiger partial charge on any atom is -0.493 e. The Morgan fingerprint density at radius 1 is 1.20 bits per heavy atom. The largest absolute Gasteiger partial charge is 0.493 e. The first kappa shape index (κ1) is 20.8. The summed E-state index contributed by atoms with van der Waals surface area (Å²) in [6, 6.07) is 13.3. The summed E-state index contributed by atoms with van der Waals surface area (Å²) < 4.78 is 13.3. The smallest absolute Gasteiger partial charge is 0.295 e. The molecule has 0 aliphatic heterocycles. The Kier molecular flexibility index (Phi) is 6.08. The molecule has 0 atom stereocenters. The van der Waals surface area contributed by atoms with Crippen LogP contribution in [0.3, 0.4) is 0 Å². The Hall–Kier alpha value is -2.42. The summed E-state index contributed by atoms with van der Waals surface area (Å²) in [5.74, 6) is 0.681. The third-order valence-electron chi connectivity index (χ3n) is 4.74. The van der Waals surface area contributed by atoms with Gasteiger partial charge in [-0.05, 0) is 57.4 Å². The van der Waals surface area contributed by atoms with E-state index in [1.54, 1.807) is 18.1 Å². The van der Waals surface area contributed by atoms with Crippen molar-refractivity contribution in [3.05, 3.63) is 52.7 Å². The van der Waals surface area contributed by atoms with Gasteiger partial charge in [0, 0.05) is 16.4 Å². The molecule has 0 unspecified atom stereocenters. The maximum absolute atomic E-state index is 13.5. The van der Waals surface area contributed by atoms with Crippen LogP contribution < -0.4 is 9.64 Å². The van der Waals surface area contributed by atoms with Crippen molar-refractivity contribution in [2.45, 2.75) is 6.42 Å². The Balaban J connectivity index is 1.71. The van der Waals surface area contributed by atoms with Crippen LogP contribution in [-0.2, 0) is 0 Å². The van der Waals surface area contributed by atoms with E-state index >= 15 is 0 Å². The van der Waals surface area contributed by atoms with E-state index in [0.29, 0.717) is 23.0 Å². The summed E-state index contributed by atoms with van der Waals surface area (Å²) in [6.45, 7) is 1.42. The summed E-state index contributed by atoms with van der Waals surface area (Å²) in [5, 5.41) is 1.50. The van der Waals surface area contributed by atoms with Gasteiger partial charge in [0.1, 0.15) is 0 Å². The average molecular weight is 488 g/mol. The van der Waals surface area contributed by atoms with Gasteiger partial charge in [-0.15, -0.1) is 0 Å². The highest BCUT2D eigenvalue weighted by Gasteiger charge is 2.25. The molecule has 0 fully saturated rings. The van der Waals surface area contributed by atoms with Crippen molar-refractivity contribution in [2.75, 3.05) is 39.2 Å². The molecule has 2 aromatic carbocycles. The fourth-order valence-corrected chi connectivity index (χ4v) is 4.81. The first-order valence-electron chi connectivity index (χ1n) is 9.55. The number of ether oxygens (including phenoxy) is 1. The number of nitrogens with zero attached hydrogens (tertiary/aromatic N) is 3. The number of rotatable bonds is 7. The van der Waals surface area contributed by atoms with Crippen LogP contribution in [0.1, 0.15) is 17.0 Å². The fraction of sp³-hybridized carbons (Fsp3) is 0.273. The molecular formula is C22H22BrN3O3S. The third kappa shape index (κ3) is 4.21. The zero-order chi connectivity index (χ0) is 21.3. The fourth-order valence-electron chi connectivity index (χ4n) is 3.27. The van der Waals surface area contributed by atoms with E-state index in [4.69, 9.17) is 14.1 Å². The van der Waals surface area contributed by atoms with Crippen LogP contribution >= 0.6 is 27.3 Å². The lowest BCUT2D eigenvalue weighted by Gasteiger charge is -2.19. The number of carbonyl (C=O) groups excluding carboxylic acids is 1. The number of aromatic nitrogens is 1. The molecule has 1 amide bonds. The second kappa shape index (κ2) is 8.75. The van der Waals surface area contributed by atoms with Crippen LogP contribution in [0.2, 0.25) is 0 Å². The van der Waals surface area contributed by atoms with Crippen molar-refractivity contribution in [3.8, 4) is 5.75 Å². The number of anilines is 1. The highest BCUT2D eigenvalue weighted by atomic mass is 79.9. The van der Waals surface area contributed by atoms with E-state index < -0.39 is 0 Å². The van der Waals surface area contributed by atoms with Crippen LogP contribution in [0.15, 0.2) is 51.4 Å². The number of furan rings is 1. The minimum atomic E-state index is -0.204. The van der Waals surface area contributed by atoms with E-state index in [1.807, 2.05) is 50.5 Å². The van der Waals surface area contributed by atoms with Crippen LogP contribution in [0, 0.1) is 0 Å². The van der Waals surface area contributed by atoms with Gasteiger partial charge in [-0.25, -0.2) is 4.98 Å². The highest BCUT2D eigenvalue weighted by Crippen LogP contribution is 2.33. The summed E-state index contributed by atoms with van der Waals surface area (Å²) in [6.07, 6.45) is 0.821. The number of amides is 1. The number of thiazole rings is 1. The first-order valence-corrected chi connectivity index (χ1v) is 11.2. The monoisotopic (exact) mass is 487 g/mol. The van der Waals surface area contributed by atoms with Gasteiger partial charge >= 0.3 is 0 Å². The predicted molar refractivity (Wildman–Crippen MR) is 125 cm³/mol. The van der Waals surface area contributed by atoms with E-state index in [9.17, 15) is 4.79 Å². The van der Waals surface area contributed by atoms with Gasteiger partial charge in [0.25, 0.3) is 5.91 Å². The molecule has 0 N–H and O–H groups in total. The summed E-state index contributed by atoms with van der Waals surface area (Å²) in [7, 11) is 5.63. The van der Waals surface area contributed by atoms with Gasteiger partial charge in [0.05, 0.1) is 17.3 Å². The van der Waals surface area contributed by atoms with Crippen LogP contribution in [-0.4, -0.2) is 50.1 Å². The Morgan fingerprint density at radius 2 is 2.03 bits per heavy atom. The normalized spacial score (nSPS) is 11.5. The number of carbonyl (C=O) groups is 1. The van der Waals surface area contributed by atoms with E-state index in [1.165, 1.54) is 11.3 Å². The quantitative estimate of drug-likeness (QED) is 0.348. The Labute approximate surface area is 187 Å². The number of benzene rings is 2. The van der Waals surface area contributed by atoms with E-state index in [-0.39, 0.29) is 11.7 Å². The lowest BCUT2D eigenvalue weighted by molar-refractivity contribution is 0.0961. The van der Waals surface area contributed by atoms with Crippen LogP contribution in [0.25, 0.3) is 21.2 Å². The Morgan fingerprint density at radius 3 is 2.80 bits per heavy atom.